The van der Waals surface area contributed by atoms with Crippen molar-refractivity contribution >= 4 is 11.9 Å². The fourth-order valence-electron chi connectivity index (χ4n) is 3.25. The maximum atomic E-state index is 13.1. The number of halogens is 2. The fourth-order valence-corrected chi connectivity index (χ4v) is 3.25. The maximum absolute atomic E-state index is 13.1. The third-order valence-corrected chi connectivity index (χ3v) is 4.85. The average molecular weight is 289 g/mol. The normalized spacial score (nSPS) is 33.9. The number of hydrogen-bond donors (Lipinski definition) is 2. The van der Waals surface area contributed by atoms with Crippen molar-refractivity contribution in [3.8, 4) is 0 Å². The van der Waals surface area contributed by atoms with Crippen molar-refractivity contribution in [2.45, 2.75) is 63.8 Å². The standard InChI is InChI=1S/C14H21F2NO3/c1-13(12(19)20)6-2-3-10(13)17-11(18)9-4-7-14(15,16)8-5-9/h9-10H,2-8H2,1H3,(H,17,18)(H,19,20). The van der Waals surface area contributed by atoms with E-state index in [4.69, 9.17) is 0 Å². The van der Waals surface area contributed by atoms with Crippen LogP contribution in [0, 0.1) is 11.3 Å². The molecule has 0 aliphatic heterocycles. The van der Waals surface area contributed by atoms with E-state index in [2.05, 4.69) is 5.32 Å². The van der Waals surface area contributed by atoms with Gasteiger partial charge in [0, 0.05) is 24.8 Å². The van der Waals surface area contributed by atoms with Crippen molar-refractivity contribution in [1.82, 2.24) is 5.32 Å². The van der Waals surface area contributed by atoms with Crippen LogP contribution < -0.4 is 5.32 Å². The van der Waals surface area contributed by atoms with Crippen molar-refractivity contribution in [3.05, 3.63) is 0 Å². The van der Waals surface area contributed by atoms with Crippen molar-refractivity contribution in [2.24, 2.45) is 11.3 Å². The van der Waals surface area contributed by atoms with E-state index in [0.29, 0.717) is 12.8 Å². The van der Waals surface area contributed by atoms with Crippen LogP contribution in [0.3, 0.4) is 0 Å². The van der Waals surface area contributed by atoms with Gasteiger partial charge in [0.15, 0.2) is 0 Å². The molecule has 0 spiro atoms. The maximum Gasteiger partial charge on any atom is 0.311 e. The number of carbonyl (C=O) groups is 2. The summed E-state index contributed by atoms with van der Waals surface area (Å²) in [7, 11) is 0. The molecule has 2 aliphatic rings. The van der Waals surface area contributed by atoms with E-state index < -0.39 is 29.3 Å². The predicted molar refractivity (Wildman–Crippen MR) is 68.4 cm³/mol. The van der Waals surface area contributed by atoms with Gasteiger partial charge in [-0.25, -0.2) is 8.78 Å². The first kappa shape index (κ1) is 15.2. The van der Waals surface area contributed by atoms with Gasteiger partial charge in [-0.15, -0.1) is 0 Å². The number of aliphatic carboxylic acids is 1. The number of carbonyl (C=O) groups excluding carboxylic acids is 1. The first-order chi connectivity index (χ1) is 9.24. The Hall–Kier alpha value is -1.20. The number of carboxylic acids is 1. The molecule has 0 heterocycles. The zero-order chi connectivity index (χ0) is 15.0. The Morgan fingerprint density at radius 1 is 1.15 bits per heavy atom. The number of hydrogen-bond acceptors (Lipinski definition) is 2. The van der Waals surface area contributed by atoms with E-state index >= 15 is 0 Å². The van der Waals surface area contributed by atoms with Crippen LogP contribution in [0.4, 0.5) is 8.78 Å². The van der Waals surface area contributed by atoms with Crippen molar-refractivity contribution in [1.29, 1.82) is 0 Å². The van der Waals surface area contributed by atoms with Crippen LogP contribution in [-0.2, 0) is 9.59 Å². The van der Waals surface area contributed by atoms with E-state index in [0.717, 1.165) is 6.42 Å². The molecule has 0 aromatic rings. The highest BCUT2D eigenvalue weighted by Gasteiger charge is 2.47. The Balaban J connectivity index is 1.93. The minimum Gasteiger partial charge on any atom is -0.481 e. The van der Waals surface area contributed by atoms with Crippen molar-refractivity contribution in [3.63, 3.8) is 0 Å². The molecule has 4 nitrogen and oxygen atoms in total. The molecule has 0 aromatic carbocycles. The lowest BCUT2D eigenvalue weighted by atomic mass is 9.83. The van der Waals surface area contributed by atoms with Crippen LogP contribution in [0.1, 0.15) is 51.9 Å². The first-order valence-corrected chi connectivity index (χ1v) is 7.16. The zero-order valence-corrected chi connectivity index (χ0v) is 11.6. The SMILES string of the molecule is CC1(C(=O)O)CCCC1NC(=O)C1CCC(F)(F)CC1. The van der Waals surface area contributed by atoms with E-state index in [9.17, 15) is 23.5 Å². The smallest absolute Gasteiger partial charge is 0.311 e. The Kier molecular flexibility index (Phi) is 4.02. The van der Waals surface area contributed by atoms with Gasteiger partial charge in [0.1, 0.15) is 0 Å². The highest BCUT2D eigenvalue weighted by atomic mass is 19.3. The lowest BCUT2D eigenvalue weighted by molar-refractivity contribution is -0.149. The first-order valence-electron chi connectivity index (χ1n) is 7.16. The minimum absolute atomic E-state index is 0.176. The number of carboxylic acid groups (broad SMARTS) is 1. The molecule has 2 aliphatic carbocycles. The summed E-state index contributed by atoms with van der Waals surface area (Å²) in [6, 6.07) is -0.394. The molecule has 2 rings (SSSR count). The third kappa shape index (κ3) is 2.94. The summed E-state index contributed by atoms with van der Waals surface area (Å²) >= 11 is 0. The summed E-state index contributed by atoms with van der Waals surface area (Å²) < 4.78 is 26.1. The van der Waals surface area contributed by atoms with Crippen molar-refractivity contribution < 1.29 is 23.5 Å². The Labute approximate surface area is 116 Å². The van der Waals surface area contributed by atoms with Gasteiger partial charge in [-0.1, -0.05) is 6.42 Å². The molecule has 0 aromatic heterocycles. The van der Waals surface area contributed by atoms with Crippen molar-refractivity contribution in [2.75, 3.05) is 0 Å². The molecule has 0 bridgehead atoms. The van der Waals surface area contributed by atoms with Gasteiger partial charge in [0.25, 0.3) is 0 Å². The zero-order valence-electron chi connectivity index (χ0n) is 11.6. The summed E-state index contributed by atoms with van der Waals surface area (Å²) in [4.78, 5) is 23.5. The Bertz CT molecular complexity index is 403. The summed E-state index contributed by atoms with van der Waals surface area (Å²) in [5.41, 5.74) is -0.936. The van der Waals surface area contributed by atoms with E-state index in [1.807, 2.05) is 0 Å². The van der Waals surface area contributed by atoms with Crippen LogP contribution in [0.2, 0.25) is 0 Å². The third-order valence-electron chi connectivity index (χ3n) is 4.85. The molecule has 2 N–H and O–H groups in total. The van der Waals surface area contributed by atoms with Gasteiger partial charge < -0.3 is 10.4 Å². The summed E-state index contributed by atoms with van der Waals surface area (Å²) in [6.07, 6.45) is 1.77. The van der Waals surface area contributed by atoms with Gasteiger partial charge in [0.2, 0.25) is 11.8 Å². The Morgan fingerprint density at radius 3 is 2.30 bits per heavy atom. The number of rotatable bonds is 3. The molecule has 2 fully saturated rings. The minimum atomic E-state index is -2.65. The Morgan fingerprint density at radius 2 is 1.75 bits per heavy atom. The summed E-state index contributed by atoms with van der Waals surface area (Å²) in [5, 5.41) is 12.1. The second kappa shape index (κ2) is 5.30. The molecule has 2 unspecified atom stereocenters. The number of alkyl halides is 2. The highest BCUT2D eigenvalue weighted by Crippen LogP contribution is 2.40. The molecular formula is C14H21F2NO3. The molecule has 0 radical (unpaired) electrons. The van der Waals surface area contributed by atoms with Gasteiger partial charge in [0.05, 0.1) is 5.41 Å². The van der Waals surface area contributed by atoms with E-state index in [1.165, 1.54) is 0 Å². The lowest BCUT2D eigenvalue weighted by Gasteiger charge is -2.32. The lowest BCUT2D eigenvalue weighted by Crippen LogP contribution is -2.49. The molecular weight excluding hydrogens is 268 g/mol. The van der Waals surface area contributed by atoms with Crippen LogP contribution in [0.25, 0.3) is 0 Å². The molecule has 20 heavy (non-hydrogen) atoms. The largest absolute Gasteiger partial charge is 0.481 e. The van der Waals surface area contributed by atoms with Gasteiger partial charge in [-0.3, -0.25) is 9.59 Å². The van der Waals surface area contributed by atoms with Gasteiger partial charge >= 0.3 is 5.97 Å². The van der Waals surface area contributed by atoms with Gasteiger partial charge in [-0.05, 0) is 32.6 Å². The second-order valence-electron chi connectivity index (χ2n) is 6.31. The monoisotopic (exact) mass is 289 g/mol. The second-order valence-corrected chi connectivity index (χ2v) is 6.31. The average Bonchev–Trinajstić information content (AvgIpc) is 2.72. The van der Waals surface area contributed by atoms with E-state index in [-0.39, 0.29) is 31.6 Å². The molecule has 1 amide bonds. The topological polar surface area (TPSA) is 66.4 Å². The molecule has 2 atom stereocenters. The van der Waals surface area contributed by atoms with Crippen LogP contribution >= 0.6 is 0 Å². The highest BCUT2D eigenvalue weighted by molar-refractivity contribution is 5.81. The molecule has 6 heteroatoms. The number of nitrogens with one attached hydrogen (secondary N) is 1. The summed E-state index contributed by atoms with van der Waals surface area (Å²) in [5.74, 6) is -4.23. The number of amides is 1. The summed E-state index contributed by atoms with van der Waals surface area (Å²) in [6.45, 7) is 1.64. The van der Waals surface area contributed by atoms with Gasteiger partial charge in [-0.2, -0.15) is 0 Å². The van der Waals surface area contributed by atoms with E-state index in [1.54, 1.807) is 6.92 Å². The molecule has 0 saturated heterocycles. The van der Waals surface area contributed by atoms with Crippen LogP contribution in [0.5, 0.6) is 0 Å². The molecule has 114 valence electrons. The molecule has 2 saturated carbocycles. The predicted octanol–water partition coefficient (Wildman–Crippen LogP) is 2.57. The van der Waals surface area contributed by atoms with Crippen LogP contribution in [0.15, 0.2) is 0 Å². The fraction of sp³-hybridized carbons (Fsp3) is 0.857. The van der Waals surface area contributed by atoms with Crippen LogP contribution in [-0.4, -0.2) is 28.9 Å². The quantitative estimate of drug-likeness (QED) is 0.839.